The Hall–Kier alpha value is -1.69. The summed E-state index contributed by atoms with van der Waals surface area (Å²) >= 11 is 5.73. The zero-order valence-electron chi connectivity index (χ0n) is 11.7. The Morgan fingerprint density at radius 2 is 2.10 bits per heavy atom. The lowest BCUT2D eigenvalue weighted by molar-refractivity contribution is -0.122. The average molecular weight is 316 g/mol. The number of hydrogen-bond donors (Lipinski definition) is 1. The van der Waals surface area contributed by atoms with Gasteiger partial charge < -0.3 is 10.3 Å². The molecule has 0 spiro atoms. The highest BCUT2D eigenvalue weighted by atomic mass is 35.5. The van der Waals surface area contributed by atoms with Gasteiger partial charge in [0.25, 0.3) is 0 Å². The lowest BCUT2D eigenvalue weighted by Crippen LogP contribution is -2.31. The van der Waals surface area contributed by atoms with Crippen molar-refractivity contribution in [3.8, 4) is 0 Å². The van der Waals surface area contributed by atoms with E-state index >= 15 is 0 Å². The lowest BCUT2D eigenvalue weighted by atomic mass is 10.0. The lowest BCUT2D eigenvalue weighted by Gasteiger charge is -2.22. The first-order chi connectivity index (χ1) is 9.86. The number of fused-ring (bicyclic) bond motifs is 1. The molecule has 1 aromatic carbocycles. The number of primary amides is 1. The van der Waals surface area contributed by atoms with Gasteiger partial charge in [0.2, 0.25) is 5.91 Å². The molecule has 2 aromatic rings. The Morgan fingerprint density at radius 1 is 1.43 bits per heavy atom. The van der Waals surface area contributed by atoms with Crippen LogP contribution >= 0.6 is 11.6 Å². The van der Waals surface area contributed by atoms with Crippen molar-refractivity contribution in [3.05, 3.63) is 29.6 Å². The van der Waals surface area contributed by atoms with Crippen LogP contribution in [0, 0.1) is 17.6 Å². The van der Waals surface area contributed by atoms with Gasteiger partial charge in [-0.2, -0.15) is 0 Å². The predicted molar refractivity (Wildman–Crippen MR) is 77.1 cm³/mol. The van der Waals surface area contributed by atoms with Crippen LogP contribution in [0.25, 0.3) is 11.0 Å². The molecule has 0 saturated carbocycles. The summed E-state index contributed by atoms with van der Waals surface area (Å²) in [6.45, 7) is 3.61. The molecule has 1 amide bonds. The van der Waals surface area contributed by atoms with Gasteiger partial charge in [-0.1, -0.05) is 13.8 Å². The quantitative estimate of drug-likeness (QED) is 0.862. The molecular formula is C14H16ClF2N3O. The first kappa shape index (κ1) is 15.7. The smallest absolute Gasteiger partial charge is 0.240 e. The number of hydrogen-bond acceptors (Lipinski definition) is 2. The van der Waals surface area contributed by atoms with Gasteiger partial charge in [-0.3, -0.25) is 4.79 Å². The Bertz CT molecular complexity index is 684. The minimum Gasteiger partial charge on any atom is -0.368 e. The van der Waals surface area contributed by atoms with Gasteiger partial charge in [-0.05, 0) is 5.92 Å². The van der Waals surface area contributed by atoms with Crippen LogP contribution in [0.1, 0.15) is 25.7 Å². The van der Waals surface area contributed by atoms with Crippen molar-refractivity contribution in [3.63, 3.8) is 0 Å². The number of halogens is 3. The van der Waals surface area contributed by atoms with Gasteiger partial charge >= 0.3 is 0 Å². The summed E-state index contributed by atoms with van der Waals surface area (Å²) in [5.41, 5.74) is 5.68. The molecule has 0 saturated heterocycles. The van der Waals surface area contributed by atoms with Crippen LogP contribution in [0.15, 0.2) is 12.1 Å². The summed E-state index contributed by atoms with van der Waals surface area (Å²) in [4.78, 5) is 15.9. The van der Waals surface area contributed by atoms with Crippen molar-refractivity contribution in [2.45, 2.75) is 26.3 Å². The zero-order chi connectivity index (χ0) is 15.7. The molecule has 0 radical (unpaired) electrons. The molecule has 0 fully saturated rings. The van der Waals surface area contributed by atoms with Gasteiger partial charge in [0, 0.05) is 24.4 Å². The summed E-state index contributed by atoms with van der Waals surface area (Å²) in [5.74, 6) is -1.57. The normalized spacial score (nSPS) is 13.0. The van der Waals surface area contributed by atoms with E-state index in [1.54, 1.807) is 13.8 Å². The van der Waals surface area contributed by atoms with E-state index in [2.05, 4.69) is 4.98 Å². The van der Waals surface area contributed by atoms with Crippen molar-refractivity contribution in [1.82, 2.24) is 9.55 Å². The molecule has 7 heteroatoms. The molecule has 0 aliphatic carbocycles. The van der Waals surface area contributed by atoms with E-state index < -0.39 is 23.6 Å². The Morgan fingerprint density at radius 3 is 2.62 bits per heavy atom. The second-order valence-corrected chi connectivity index (χ2v) is 5.56. The number of aryl methyl sites for hydroxylation is 1. The summed E-state index contributed by atoms with van der Waals surface area (Å²) in [6, 6.07) is 1.18. The minimum atomic E-state index is -0.772. The first-order valence-corrected chi connectivity index (χ1v) is 7.11. The maximum Gasteiger partial charge on any atom is 0.240 e. The third-order valence-electron chi connectivity index (χ3n) is 3.31. The van der Waals surface area contributed by atoms with Crippen LogP contribution in [0.4, 0.5) is 8.78 Å². The van der Waals surface area contributed by atoms with Gasteiger partial charge in [-0.15, -0.1) is 11.6 Å². The van der Waals surface area contributed by atoms with Crippen LogP contribution in [0.3, 0.4) is 0 Å². The molecule has 0 aliphatic heterocycles. The van der Waals surface area contributed by atoms with Gasteiger partial charge in [0.05, 0.1) is 5.52 Å². The second kappa shape index (κ2) is 5.97. The van der Waals surface area contributed by atoms with Crippen molar-refractivity contribution in [2.24, 2.45) is 11.7 Å². The number of benzene rings is 1. The number of rotatable bonds is 5. The van der Waals surface area contributed by atoms with Crippen molar-refractivity contribution >= 4 is 28.5 Å². The highest BCUT2D eigenvalue weighted by Gasteiger charge is 2.27. The fourth-order valence-corrected chi connectivity index (χ4v) is 2.66. The molecule has 2 rings (SSSR count). The van der Waals surface area contributed by atoms with E-state index in [9.17, 15) is 13.6 Å². The molecule has 0 aliphatic rings. The van der Waals surface area contributed by atoms with Crippen molar-refractivity contribution < 1.29 is 13.6 Å². The fraction of sp³-hybridized carbons (Fsp3) is 0.429. The number of carbonyl (C=O) groups excluding carboxylic acids is 1. The summed E-state index contributed by atoms with van der Waals surface area (Å²) in [6.07, 6.45) is 0.327. The number of amides is 1. The number of nitrogens with zero attached hydrogens (tertiary/aromatic N) is 2. The Balaban J connectivity index is 2.79. The number of carbonyl (C=O) groups is 1. The highest BCUT2D eigenvalue weighted by Crippen LogP contribution is 2.28. The molecule has 1 unspecified atom stereocenters. The van der Waals surface area contributed by atoms with E-state index in [-0.39, 0.29) is 22.8 Å². The summed E-state index contributed by atoms with van der Waals surface area (Å²) in [7, 11) is 0. The monoisotopic (exact) mass is 315 g/mol. The van der Waals surface area contributed by atoms with Crippen LogP contribution in [0.5, 0.6) is 0 Å². The predicted octanol–water partition coefficient (Wildman–Crippen LogP) is 2.78. The summed E-state index contributed by atoms with van der Waals surface area (Å²) in [5, 5.41) is 0. The number of imidazole rings is 1. The Kier molecular flexibility index (Phi) is 4.46. The largest absolute Gasteiger partial charge is 0.368 e. The van der Waals surface area contributed by atoms with Crippen molar-refractivity contribution in [2.75, 3.05) is 5.88 Å². The standard InChI is InChI=1S/C14H16ClF2N3O/c1-7(2)13(14(18)21)20-10-6-8(16)5-9(17)12(10)19-11(20)3-4-15/h5-7,13H,3-4H2,1-2H3,(H2,18,21). The average Bonchev–Trinajstić information content (AvgIpc) is 2.69. The van der Waals surface area contributed by atoms with E-state index in [0.29, 0.717) is 12.2 Å². The molecule has 1 atom stereocenters. The Labute approximate surface area is 125 Å². The third-order valence-corrected chi connectivity index (χ3v) is 3.49. The van der Waals surface area contributed by atoms with Gasteiger partial charge in [-0.25, -0.2) is 13.8 Å². The topological polar surface area (TPSA) is 60.9 Å². The van der Waals surface area contributed by atoms with Crippen LogP contribution in [-0.2, 0) is 11.2 Å². The molecule has 2 N–H and O–H groups in total. The zero-order valence-corrected chi connectivity index (χ0v) is 12.5. The fourth-order valence-electron chi connectivity index (χ4n) is 2.49. The second-order valence-electron chi connectivity index (χ2n) is 5.18. The molecule has 4 nitrogen and oxygen atoms in total. The number of alkyl halides is 1. The van der Waals surface area contributed by atoms with Crippen molar-refractivity contribution in [1.29, 1.82) is 0 Å². The minimum absolute atomic E-state index is 0.0171. The van der Waals surface area contributed by atoms with Crippen LogP contribution < -0.4 is 5.73 Å². The van der Waals surface area contributed by atoms with Crippen LogP contribution in [0.2, 0.25) is 0 Å². The molecule has 114 valence electrons. The third kappa shape index (κ3) is 2.85. The maximum absolute atomic E-state index is 13.9. The molecule has 21 heavy (non-hydrogen) atoms. The van der Waals surface area contributed by atoms with Gasteiger partial charge in [0.15, 0.2) is 5.82 Å². The summed E-state index contributed by atoms with van der Waals surface area (Å²) < 4.78 is 28.9. The highest BCUT2D eigenvalue weighted by molar-refractivity contribution is 6.17. The molecular weight excluding hydrogens is 300 g/mol. The van der Waals surface area contributed by atoms with Gasteiger partial charge in [0.1, 0.15) is 23.2 Å². The molecule has 1 aromatic heterocycles. The van der Waals surface area contributed by atoms with E-state index in [1.807, 2.05) is 0 Å². The van der Waals surface area contributed by atoms with E-state index in [4.69, 9.17) is 17.3 Å². The number of nitrogens with two attached hydrogens (primary N) is 1. The van der Waals surface area contributed by atoms with E-state index in [0.717, 1.165) is 12.1 Å². The first-order valence-electron chi connectivity index (χ1n) is 6.58. The van der Waals surface area contributed by atoms with Crippen LogP contribution in [-0.4, -0.2) is 21.3 Å². The maximum atomic E-state index is 13.9. The van der Waals surface area contributed by atoms with E-state index in [1.165, 1.54) is 4.57 Å². The molecule has 0 bridgehead atoms. The number of aromatic nitrogens is 2. The molecule has 1 heterocycles. The SMILES string of the molecule is CC(C)C(C(N)=O)n1c(CCCl)nc2c(F)cc(F)cc21.